The van der Waals surface area contributed by atoms with E-state index in [2.05, 4.69) is 12.2 Å². The number of hydrogen-bond donors (Lipinski definition) is 1. The molecule has 0 aromatic carbocycles. The Bertz CT molecular complexity index is 337. The zero-order valence-corrected chi connectivity index (χ0v) is 13.1. The zero-order valence-electron chi connectivity index (χ0n) is 13.1. The Morgan fingerprint density at radius 1 is 1.40 bits per heavy atom. The number of carbonyl (C=O) groups excluding carboxylic acids is 1. The third kappa shape index (κ3) is 4.35. The second kappa shape index (κ2) is 6.31. The van der Waals surface area contributed by atoms with Gasteiger partial charge in [0.05, 0.1) is 19.3 Å². The minimum atomic E-state index is -0.419. The van der Waals surface area contributed by atoms with Crippen molar-refractivity contribution in [3.05, 3.63) is 0 Å². The van der Waals surface area contributed by atoms with Crippen molar-refractivity contribution in [3.8, 4) is 0 Å². The van der Waals surface area contributed by atoms with Crippen molar-refractivity contribution in [2.75, 3.05) is 26.3 Å². The molecular formula is C15H28N2O3. The summed E-state index contributed by atoms with van der Waals surface area (Å²) in [7, 11) is 0. The van der Waals surface area contributed by atoms with Gasteiger partial charge in [-0.05, 0) is 46.5 Å². The second-order valence-electron chi connectivity index (χ2n) is 7.02. The third-order valence-electron chi connectivity index (χ3n) is 3.95. The van der Waals surface area contributed by atoms with Crippen LogP contribution in [0.25, 0.3) is 0 Å². The number of piperidine rings is 1. The van der Waals surface area contributed by atoms with E-state index in [-0.39, 0.29) is 6.09 Å². The van der Waals surface area contributed by atoms with Crippen LogP contribution in [0.3, 0.4) is 0 Å². The molecular weight excluding hydrogens is 256 g/mol. The number of nitrogens with zero attached hydrogens (tertiary/aromatic N) is 1. The maximum absolute atomic E-state index is 12.1. The van der Waals surface area contributed by atoms with Gasteiger partial charge >= 0.3 is 6.09 Å². The van der Waals surface area contributed by atoms with E-state index in [0.717, 1.165) is 32.7 Å². The van der Waals surface area contributed by atoms with Crippen molar-refractivity contribution in [1.82, 2.24) is 10.2 Å². The van der Waals surface area contributed by atoms with E-state index in [9.17, 15) is 4.79 Å². The SMILES string of the molecule is CC(NC1COC1)C1CCCN(C(=O)OC(C)(C)C)C1. The molecule has 2 rings (SSSR count). The first-order chi connectivity index (χ1) is 9.35. The standard InChI is InChI=1S/C15H28N2O3/c1-11(16-13-9-19-10-13)12-6-5-7-17(8-12)14(18)20-15(2,3)4/h11-13,16H,5-10H2,1-4H3. The molecule has 1 N–H and O–H groups in total. The van der Waals surface area contributed by atoms with Gasteiger partial charge in [-0.15, -0.1) is 0 Å². The third-order valence-corrected chi connectivity index (χ3v) is 3.95. The molecule has 1 amide bonds. The van der Waals surface area contributed by atoms with Gasteiger partial charge in [-0.1, -0.05) is 0 Å². The minimum Gasteiger partial charge on any atom is -0.444 e. The van der Waals surface area contributed by atoms with Crippen LogP contribution in [0, 0.1) is 5.92 Å². The first-order valence-corrected chi connectivity index (χ1v) is 7.67. The molecule has 5 heteroatoms. The maximum Gasteiger partial charge on any atom is 0.410 e. The van der Waals surface area contributed by atoms with Crippen molar-refractivity contribution in [3.63, 3.8) is 0 Å². The Balaban J connectivity index is 1.82. The van der Waals surface area contributed by atoms with Gasteiger partial charge in [0.1, 0.15) is 5.60 Å². The molecule has 2 saturated heterocycles. The highest BCUT2D eigenvalue weighted by atomic mass is 16.6. The van der Waals surface area contributed by atoms with Gasteiger partial charge in [0.2, 0.25) is 0 Å². The predicted octanol–water partition coefficient (Wildman–Crippen LogP) is 2.01. The summed E-state index contributed by atoms with van der Waals surface area (Å²) in [4.78, 5) is 14.0. The molecule has 0 aromatic rings. The summed E-state index contributed by atoms with van der Waals surface area (Å²) in [6.07, 6.45) is 2.04. The van der Waals surface area contributed by atoms with Gasteiger partial charge in [0.25, 0.3) is 0 Å². The second-order valence-corrected chi connectivity index (χ2v) is 7.02. The summed E-state index contributed by atoms with van der Waals surface area (Å²) in [5.41, 5.74) is -0.419. The van der Waals surface area contributed by atoms with Crippen molar-refractivity contribution in [2.24, 2.45) is 5.92 Å². The lowest BCUT2D eigenvalue weighted by molar-refractivity contribution is -0.0166. The molecule has 0 bridgehead atoms. The lowest BCUT2D eigenvalue weighted by atomic mass is 9.91. The Labute approximate surface area is 122 Å². The van der Waals surface area contributed by atoms with Crippen LogP contribution >= 0.6 is 0 Å². The molecule has 2 aliphatic rings. The normalized spacial score (nSPS) is 26.0. The molecule has 0 radical (unpaired) electrons. The molecule has 2 atom stereocenters. The summed E-state index contributed by atoms with van der Waals surface area (Å²) in [6, 6.07) is 0.899. The Morgan fingerprint density at radius 2 is 2.10 bits per heavy atom. The van der Waals surface area contributed by atoms with Crippen LogP contribution < -0.4 is 5.32 Å². The monoisotopic (exact) mass is 284 g/mol. The van der Waals surface area contributed by atoms with Crippen molar-refractivity contribution in [2.45, 2.75) is 58.2 Å². The fraction of sp³-hybridized carbons (Fsp3) is 0.933. The number of nitrogens with one attached hydrogen (secondary N) is 1. The van der Waals surface area contributed by atoms with E-state index >= 15 is 0 Å². The highest BCUT2D eigenvalue weighted by molar-refractivity contribution is 5.68. The van der Waals surface area contributed by atoms with E-state index < -0.39 is 5.60 Å². The number of carbonyl (C=O) groups is 1. The summed E-state index contributed by atoms with van der Waals surface area (Å²) in [6.45, 7) is 11.2. The minimum absolute atomic E-state index is 0.179. The van der Waals surface area contributed by atoms with E-state index in [1.165, 1.54) is 6.42 Å². The summed E-state index contributed by atoms with van der Waals surface area (Å²) < 4.78 is 10.7. The Morgan fingerprint density at radius 3 is 2.65 bits per heavy atom. The maximum atomic E-state index is 12.1. The predicted molar refractivity (Wildman–Crippen MR) is 77.7 cm³/mol. The van der Waals surface area contributed by atoms with Gasteiger partial charge in [0.15, 0.2) is 0 Å². The van der Waals surface area contributed by atoms with Crippen LogP contribution in [0.1, 0.15) is 40.5 Å². The molecule has 116 valence electrons. The molecule has 2 aliphatic heterocycles. The zero-order chi connectivity index (χ0) is 14.8. The van der Waals surface area contributed by atoms with Crippen molar-refractivity contribution < 1.29 is 14.3 Å². The van der Waals surface area contributed by atoms with Crippen molar-refractivity contribution in [1.29, 1.82) is 0 Å². The largest absolute Gasteiger partial charge is 0.444 e. The topological polar surface area (TPSA) is 50.8 Å². The van der Waals surface area contributed by atoms with Crippen LogP contribution in [-0.4, -0.2) is 55.0 Å². The molecule has 0 spiro atoms. The first-order valence-electron chi connectivity index (χ1n) is 7.67. The van der Waals surface area contributed by atoms with Gasteiger partial charge in [0, 0.05) is 19.1 Å². The van der Waals surface area contributed by atoms with Gasteiger partial charge in [-0.2, -0.15) is 0 Å². The number of likely N-dealkylation sites (tertiary alicyclic amines) is 1. The fourth-order valence-corrected chi connectivity index (χ4v) is 2.75. The van der Waals surface area contributed by atoms with E-state index in [0.29, 0.717) is 18.0 Å². The molecule has 2 fully saturated rings. The van der Waals surface area contributed by atoms with Crippen LogP contribution in [-0.2, 0) is 9.47 Å². The smallest absolute Gasteiger partial charge is 0.410 e. The first kappa shape index (κ1) is 15.6. The van der Waals surface area contributed by atoms with E-state index in [4.69, 9.17) is 9.47 Å². The number of amides is 1. The van der Waals surface area contributed by atoms with Crippen LogP contribution in [0.15, 0.2) is 0 Å². The quantitative estimate of drug-likeness (QED) is 0.861. The fourth-order valence-electron chi connectivity index (χ4n) is 2.75. The average molecular weight is 284 g/mol. The molecule has 0 saturated carbocycles. The molecule has 2 heterocycles. The summed E-state index contributed by atoms with van der Waals surface area (Å²) >= 11 is 0. The number of ether oxygens (including phenoxy) is 2. The summed E-state index contributed by atoms with van der Waals surface area (Å²) in [5.74, 6) is 0.497. The van der Waals surface area contributed by atoms with Gasteiger partial charge in [-0.25, -0.2) is 4.79 Å². The summed E-state index contributed by atoms with van der Waals surface area (Å²) in [5, 5.41) is 3.59. The lowest BCUT2D eigenvalue weighted by Crippen LogP contribution is -2.54. The van der Waals surface area contributed by atoms with E-state index in [1.807, 2.05) is 25.7 Å². The molecule has 5 nitrogen and oxygen atoms in total. The van der Waals surface area contributed by atoms with Crippen LogP contribution in [0.4, 0.5) is 4.79 Å². The lowest BCUT2D eigenvalue weighted by Gasteiger charge is -2.39. The van der Waals surface area contributed by atoms with Crippen LogP contribution in [0.2, 0.25) is 0 Å². The number of hydrogen-bond acceptors (Lipinski definition) is 4. The van der Waals surface area contributed by atoms with Gasteiger partial charge < -0.3 is 19.7 Å². The number of rotatable bonds is 3. The molecule has 0 aromatic heterocycles. The molecule has 20 heavy (non-hydrogen) atoms. The highest BCUT2D eigenvalue weighted by Gasteiger charge is 2.31. The average Bonchev–Trinajstić information content (AvgIpc) is 2.31. The van der Waals surface area contributed by atoms with Gasteiger partial charge in [-0.3, -0.25) is 0 Å². The van der Waals surface area contributed by atoms with Crippen LogP contribution in [0.5, 0.6) is 0 Å². The molecule has 2 unspecified atom stereocenters. The molecule has 0 aliphatic carbocycles. The van der Waals surface area contributed by atoms with E-state index in [1.54, 1.807) is 0 Å². The Hall–Kier alpha value is -0.810. The Kier molecular flexibility index (Phi) is 4.91. The highest BCUT2D eigenvalue weighted by Crippen LogP contribution is 2.22. The van der Waals surface area contributed by atoms with Crippen molar-refractivity contribution >= 4 is 6.09 Å².